The standard InChI is InChI=1S/C26H21BrN2O5/c1-14-3-5-15(6-4-14)12-31-23-9-19(27)16(7-21(23)30-2)25-17-8-22-24(33-13-32-22)10-20(17)34-26(29)18(25)11-28/h3-10,25H,12-13,29H2,1-2H3/t25-/m1/s1. The van der Waals surface area contributed by atoms with Crippen LogP contribution in [0.1, 0.15) is 28.2 Å². The Labute approximate surface area is 205 Å². The van der Waals surface area contributed by atoms with Crippen LogP contribution in [0.4, 0.5) is 0 Å². The molecule has 0 radical (unpaired) electrons. The van der Waals surface area contributed by atoms with Crippen molar-refractivity contribution < 1.29 is 23.7 Å². The summed E-state index contributed by atoms with van der Waals surface area (Å²) < 4.78 is 29.2. The molecule has 172 valence electrons. The van der Waals surface area contributed by atoms with E-state index in [0.717, 1.165) is 21.2 Å². The van der Waals surface area contributed by atoms with E-state index in [1.54, 1.807) is 13.2 Å². The Morgan fingerprint density at radius 1 is 1.03 bits per heavy atom. The van der Waals surface area contributed by atoms with Crippen LogP contribution >= 0.6 is 15.9 Å². The van der Waals surface area contributed by atoms with Crippen LogP contribution in [0.15, 0.2) is 64.5 Å². The van der Waals surface area contributed by atoms with E-state index in [1.165, 1.54) is 5.56 Å². The zero-order valence-corrected chi connectivity index (χ0v) is 20.1. The third-order valence-corrected chi connectivity index (χ3v) is 6.51. The van der Waals surface area contributed by atoms with Gasteiger partial charge in [-0.15, -0.1) is 0 Å². The molecule has 2 N–H and O–H groups in total. The van der Waals surface area contributed by atoms with Gasteiger partial charge in [0.25, 0.3) is 0 Å². The number of rotatable bonds is 5. The fourth-order valence-corrected chi connectivity index (χ4v) is 4.61. The molecule has 0 aliphatic carbocycles. The van der Waals surface area contributed by atoms with Crippen LogP contribution in [0.2, 0.25) is 0 Å². The second-order valence-electron chi connectivity index (χ2n) is 7.97. The van der Waals surface area contributed by atoms with Gasteiger partial charge in [-0.3, -0.25) is 0 Å². The average Bonchev–Trinajstić information content (AvgIpc) is 3.29. The number of ether oxygens (including phenoxy) is 5. The summed E-state index contributed by atoms with van der Waals surface area (Å²) >= 11 is 3.67. The van der Waals surface area contributed by atoms with Crippen LogP contribution in [-0.4, -0.2) is 13.9 Å². The first-order valence-corrected chi connectivity index (χ1v) is 11.3. The number of aryl methyl sites for hydroxylation is 1. The molecule has 0 saturated carbocycles. The minimum absolute atomic E-state index is 0.0458. The molecule has 5 rings (SSSR count). The fourth-order valence-electron chi connectivity index (χ4n) is 4.06. The maximum Gasteiger partial charge on any atom is 0.231 e. The van der Waals surface area contributed by atoms with E-state index in [4.69, 9.17) is 29.4 Å². The van der Waals surface area contributed by atoms with Gasteiger partial charge in [0.2, 0.25) is 12.7 Å². The molecule has 1 atom stereocenters. The number of benzene rings is 3. The van der Waals surface area contributed by atoms with Gasteiger partial charge in [0.15, 0.2) is 23.0 Å². The van der Waals surface area contributed by atoms with E-state index in [2.05, 4.69) is 22.0 Å². The number of halogens is 1. The molecule has 3 aromatic carbocycles. The SMILES string of the molecule is COc1cc([C@H]2C(C#N)=C(N)Oc3cc4c(cc32)OCO4)c(Br)cc1OCc1ccc(C)cc1. The third kappa shape index (κ3) is 3.88. The van der Waals surface area contributed by atoms with Gasteiger partial charge >= 0.3 is 0 Å². The number of hydrogen-bond acceptors (Lipinski definition) is 7. The predicted molar refractivity (Wildman–Crippen MR) is 128 cm³/mol. The van der Waals surface area contributed by atoms with Crippen molar-refractivity contribution in [2.45, 2.75) is 19.4 Å². The Morgan fingerprint density at radius 3 is 2.47 bits per heavy atom. The lowest BCUT2D eigenvalue weighted by atomic mass is 9.83. The summed E-state index contributed by atoms with van der Waals surface area (Å²) in [5.74, 6) is 2.33. The lowest BCUT2D eigenvalue weighted by molar-refractivity contribution is 0.174. The first kappa shape index (κ1) is 22.0. The molecule has 3 aromatic rings. The highest BCUT2D eigenvalue weighted by molar-refractivity contribution is 9.10. The molecule has 7 nitrogen and oxygen atoms in total. The van der Waals surface area contributed by atoms with Gasteiger partial charge in [0.05, 0.1) is 13.0 Å². The smallest absolute Gasteiger partial charge is 0.231 e. The monoisotopic (exact) mass is 520 g/mol. The van der Waals surface area contributed by atoms with Crippen molar-refractivity contribution in [1.29, 1.82) is 5.26 Å². The number of allylic oxidation sites excluding steroid dienone is 1. The Kier molecular flexibility index (Phi) is 5.72. The highest BCUT2D eigenvalue weighted by Gasteiger charge is 2.35. The molecule has 0 fully saturated rings. The Balaban J connectivity index is 1.55. The molecule has 0 aromatic heterocycles. The molecule has 0 amide bonds. The van der Waals surface area contributed by atoms with Crippen molar-refractivity contribution in [3.63, 3.8) is 0 Å². The summed E-state index contributed by atoms with van der Waals surface area (Å²) in [4.78, 5) is 0. The summed E-state index contributed by atoms with van der Waals surface area (Å²) in [7, 11) is 1.58. The van der Waals surface area contributed by atoms with Crippen molar-refractivity contribution in [3.8, 4) is 34.8 Å². The molecule has 34 heavy (non-hydrogen) atoms. The summed E-state index contributed by atoms with van der Waals surface area (Å²) in [5.41, 5.74) is 10.2. The number of methoxy groups -OCH3 is 1. The number of nitrogens with two attached hydrogens (primary N) is 1. The Hall–Kier alpha value is -3.83. The lowest BCUT2D eigenvalue weighted by Gasteiger charge is -2.28. The Bertz CT molecular complexity index is 1340. The molecule has 0 saturated heterocycles. The quantitative estimate of drug-likeness (QED) is 0.487. The van der Waals surface area contributed by atoms with E-state index in [0.29, 0.717) is 40.9 Å². The number of nitriles is 1. The number of fused-ring (bicyclic) bond motifs is 2. The molecule has 2 aliphatic heterocycles. The van der Waals surface area contributed by atoms with Crippen LogP contribution in [0.3, 0.4) is 0 Å². The normalized spacial score (nSPS) is 15.9. The van der Waals surface area contributed by atoms with Crippen LogP contribution < -0.4 is 29.4 Å². The fraction of sp³-hybridized carbons (Fsp3) is 0.192. The highest BCUT2D eigenvalue weighted by Crippen LogP contribution is 2.50. The summed E-state index contributed by atoms with van der Waals surface area (Å²) in [6, 6.07) is 17.6. The van der Waals surface area contributed by atoms with E-state index in [1.807, 2.05) is 49.4 Å². The first-order valence-electron chi connectivity index (χ1n) is 10.6. The van der Waals surface area contributed by atoms with Gasteiger partial charge in [-0.2, -0.15) is 5.26 Å². The molecule has 0 unspecified atom stereocenters. The van der Waals surface area contributed by atoms with Crippen molar-refractivity contribution in [3.05, 3.63) is 86.7 Å². The lowest BCUT2D eigenvalue weighted by Crippen LogP contribution is -2.21. The van der Waals surface area contributed by atoms with Crippen LogP contribution in [-0.2, 0) is 6.61 Å². The summed E-state index contributed by atoms with van der Waals surface area (Å²) in [5, 5.41) is 9.92. The van der Waals surface area contributed by atoms with Crippen LogP contribution in [0.5, 0.6) is 28.7 Å². The van der Waals surface area contributed by atoms with Gasteiger partial charge in [-0.25, -0.2) is 0 Å². The highest BCUT2D eigenvalue weighted by atomic mass is 79.9. The van der Waals surface area contributed by atoms with Crippen molar-refractivity contribution in [2.24, 2.45) is 5.73 Å². The average molecular weight is 521 g/mol. The van der Waals surface area contributed by atoms with Gasteiger partial charge < -0.3 is 29.4 Å². The molecule has 8 heteroatoms. The predicted octanol–water partition coefficient (Wildman–Crippen LogP) is 5.29. The van der Waals surface area contributed by atoms with Gasteiger partial charge in [0, 0.05) is 16.1 Å². The van der Waals surface area contributed by atoms with E-state index in [9.17, 15) is 5.26 Å². The second kappa shape index (κ2) is 8.84. The third-order valence-electron chi connectivity index (χ3n) is 5.82. The zero-order valence-electron chi connectivity index (χ0n) is 18.6. The maximum atomic E-state index is 9.92. The molecular formula is C26H21BrN2O5. The van der Waals surface area contributed by atoms with Crippen molar-refractivity contribution in [1.82, 2.24) is 0 Å². The van der Waals surface area contributed by atoms with E-state index < -0.39 is 5.92 Å². The topological polar surface area (TPSA) is 96.0 Å². The number of hydrogen-bond donors (Lipinski definition) is 1. The molecular weight excluding hydrogens is 500 g/mol. The summed E-state index contributed by atoms with van der Waals surface area (Å²) in [6.45, 7) is 2.56. The number of nitrogens with zero attached hydrogens (tertiary/aromatic N) is 1. The second-order valence-corrected chi connectivity index (χ2v) is 8.82. The van der Waals surface area contributed by atoms with Gasteiger partial charge in [-0.05, 0) is 36.2 Å². The van der Waals surface area contributed by atoms with E-state index >= 15 is 0 Å². The van der Waals surface area contributed by atoms with Crippen LogP contribution in [0.25, 0.3) is 0 Å². The van der Waals surface area contributed by atoms with Gasteiger partial charge in [0.1, 0.15) is 24.0 Å². The minimum atomic E-state index is -0.502. The molecule has 0 spiro atoms. The van der Waals surface area contributed by atoms with Crippen molar-refractivity contribution in [2.75, 3.05) is 13.9 Å². The van der Waals surface area contributed by atoms with Crippen molar-refractivity contribution >= 4 is 15.9 Å². The van der Waals surface area contributed by atoms with E-state index in [-0.39, 0.29) is 12.7 Å². The largest absolute Gasteiger partial charge is 0.493 e. The first-order chi connectivity index (χ1) is 16.5. The van der Waals surface area contributed by atoms with Gasteiger partial charge in [-0.1, -0.05) is 45.8 Å². The summed E-state index contributed by atoms with van der Waals surface area (Å²) in [6.07, 6.45) is 0. The zero-order chi connectivity index (χ0) is 23.8. The molecule has 0 bridgehead atoms. The molecule has 2 heterocycles. The van der Waals surface area contributed by atoms with Crippen LogP contribution in [0, 0.1) is 18.3 Å². The maximum absolute atomic E-state index is 9.92. The molecule has 2 aliphatic rings. The minimum Gasteiger partial charge on any atom is -0.493 e. The Morgan fingerprint density at radius 2 is 1.76 bits per heavy atom.